The van der Waals surface area contributed by atoms with E-state index < -0.39 is 5.97 Å². The van der Waals surface area contributed by atoms with Crippen LogP contribution in [0.25, 0.3) is 0 Å². The van der Waals surface area contributed by atoms with Crippen molar-refractivity contribution >= 4 is 27.8 Å². The van der Waals surface area contributed by atoms with Crippen LogP contribution in [0.5, 0.6) is 0 Å². The van der Waals surface area contributed by atoms with Gasteiger partial charge in [-0.2, -0.15) is 0 Å². The number of nitrogens with zero attached hydrogens (tertiary/aromatic N) is 1. The van der Waals surface area contributed by atoms with Gasteiger partial charge in [-0.15, -0.1) is 0 Å². The van der Waals surface area contributed by atoms with E-state index in [1.165, 1.54) is 6.20 Å². The highest BCUT2D eigenvalue weighted by Crippen LogP contribution is 2.06. The highest BCUT2D eigenvalue weighted by atomic mass is 79.9. The van der Waals surface area contributed by atoms with E-state index in [0.717, 1.165) is 12.8 Å². The maximum Gasteiger partial charge on any atom is 0.303 e. The SMILES string of the molecule is O=C(O)CCCCCNC(=O)c1ccc(Br)nc1. The summed E-state index contributed by atoms with van der Waals surface area (Å²) in [6, 6.07) is 3.40. The monoisotopic (exact) mass is 314 g/mol. The van der Waals surface area contributed by atoms with Gasteiger partial charge in [0.15, 0.2) is 0 Å². The number of carboxylic acid groups (broad SMARTS) is 1. The number of halogens is 1. The zero-order valence-corrected chi connectivity index (χ0v) is 11.4. The number of aromatic nitrogens is 1. The van der Waals surface area contributed by atoms with E-state index in [1.807, 2.05) is 0 Å². The molecule has 2 N–H and O–H groups in total. The third kappa shape index (κ3) is 5.77. The fourth-order valence-corrected chi connectivity index (χ4v) is 1.63. The van der Waals surface area contributed by atoms with Crippen LogP contribution in [0.15, 0.2) is 22.9 Å². The van der Waals surface area contributed by atoms with Gasteiger partial charge in [0.05, 0.1) is 5.56 Å². The second kappa shape index (κ2) is 7.81. The Hall–Kier alpha value is -1.43. The van der Waals surface area contributed by atoms with Crippen molar-refractivity contribution in [2.75, 3.05) is 6.54 Å². The molecule has 0 saturated heterocycles. The summed E-state index contributed by atoms with van der Waals surface area (Å²) in [7, 11) is 0. The smallest absolute Gasteiger partial charge is 0.303 e. The molecule has 1 aromatic heterocycles. The van der Waals surface area contributed by atoms with Gasteiger partial charge in [-0.3, -0.25) is 9.59 Å². The van der Waals surface area contributed by atoms with E-state index in [4.69, 9.17) is 5.11 Å². The highest BCUT2D eigenvalue weighted by molar-refractivity contribution is 9.10. The number of pyridine rings is 1. The summed E-state index contributed by atoms with van der Waals surface area (Å²) in [6.45, 7) is 0.550. The van der Waals surface area contributed by atoms with Crippen LogP contribution in [0.4, 0.5) is 0 Å². The molecule has 0 spiro atoms. The molecule has 1 aromatic rings. The second-order valence-electron chi connectivity index (χ2n) is 3.83. The number of carbonyl (C=O) groups excluding carboxylic acids is 1. The predicted octanol–water partition coefficient (Wildman–Crippen LogP) is 2.22. The first-order chi connectivity index (χ1) is 8.59. The van der Waals surface area contributed by atoms with Crippen molar-refractivity contribution in [3.63, 3.8) is 0 Å². The number of carbonyl (C=O) groups is 2. The number of hydrogen-bond donors (Lipinski definition) is 2. The van der Waals surface area contributed by atoms with Crippen molar-refractivity contribution in [1.82, 2.24) is 10.3 Å². The zero-order valence-electron chi connectivity index (χ0n) is 9.86. The molecule has 0 aromatic carbocycles. The van der Waals surface area contributed by atoms with Gasteiger partial charge in [0.2, 0.25) is 0 Å². The number of unbranched alkanes of at least 4 members (excludes halogenated alkanes) is 2. The summed E-state index contributed by atoms with van der Waals surface area (Å²) in [5.41, 5.74) is 0.517. The fraction of sp³-hybridized carbons (Fsp3) is 0.417. The maximum absolute atomic E-state index is 11.6. The van der Waals surface area contributed by atoms with E-state index in [1.54, 1.807) is 12.1 Å². The van der Waals surface area contributed by atoms with Gasteiger partial charge in [0.1, 0.15) is 4.60 Å². The lowest BCUT2D eigenvalue weighted by molar-refractivity contribution is -0.137. The number of rotatable bonds is 7. The number of nitrogens with one attached hydrogen (secondary N) is 1. The molecule has 0 aliphatic rings. The third-order valence-corrected chi connectivity index (χ3v) is 2.81. The number of hydrogen-bond acceptors (Lipinski definition) is 3. The van der Waals surface area contributed by atoms with Gasteiger partial charge in [-0.1, -0.05) is 6.42 Å². The Kier molecular flexibility index (Phi) is 6.35. The Labute approximate surface area is 114 Å². The Morgan fingerprint density at radius 2 is 2.06 bits per heavy atom. The van der Waals surface area contributed by atoms with Crippen molar-refractivity contribution in [2.45, 2.75) is 25.7 Å². The van der Waals surface area contributed by atoms with Crippen molar-refractivity contribution in [3.05, 3.63) is 28.5 Å². The molecule has 1 rings (SSSR count). The highest BCUT2D eigenvalue weighted by Gasteiger charge is 2.04. The summed E-state index contributed by atoms with van der Waals surface area (Å²) in [5, 5.41) is 11.2. The van der Waals surface area contributed by atoms with E-state index in [0.29, 0.717) is 23.1 Å². The summed E-state index contributed by atoms with van der Waals surface area (Å²) >= 11 is 3.20. The average molecular weight is 315 g/mol. The first-order valence-electron chi connectivity index (χ1n) is 5.71. The lowest BCUT2D eigenvalue weighted by Gasteiger charge is -2.04. The molecule has 5 nitrogen and oxygen atoms in total. The molecule has 98 valence electrons. The molecule has 18 heavy (non-hydrogen) atoms. The first-order valence-corrected chi connectivity index (χ1v) is 6.50. The van der Waals surface area contributed by atoms with Crippen LogP contribution < -0.4 is 5.32 Å². The Balaban J connectivity index is 2.17. The van der Waals surface area contributed by atoms with Crippen molar-refractivity contribution in [1.29, 1.82) is 0 Å². The quantitative estimate of drug-likeness (QED) is 0.597. The molecule has 0 fully saturated rings. The topological polar surface area (TPSA) is 79.3 Å². The van der Waals surface area contributed by atoms with Crippen LogP contribution in [0, 0.1) is 0 Å². The number of carboxylic acids is 1. The zero-order chi connectivity index (χ0) is 13.4. The summed E-state index contributed by atoms with van der Waals surface area (Å²) in [4.78, 5) is 25.9. The largest absolute Gasteiger partial charge is 0.481 e. The summed E-state index contributed by atoms with van der Waals surface area (Å²) in [6.07, 6.45) is 3.91. The molecule has 6 heteroatoms. The molecule has 0 unspecified atom stereocenters. The second-order valence-corrected chi connectivity index (χ2v) is 4.64. The summed E-state index contributed by atoms with van der Waals surface area (Å²) in [5.74, 6) is -0.937. The van der Waals surface area contributed by atoms with Crippen molar-refractivity contribution in [3.8, 4) is 0 Å². The molecular formula is C12H15BrN2O3. The standard InChI is InChI=1S/C12H15BrN2O3/c13-10-6-5-9(8-15-10)12(18)14-7-3-1-2-4-11(16)17/h5-6,8H,1-4,7H2,(H,14,18)(H,16,17). The van der Waals surface area contributed by atoms with Gasteiger partial charge in [-0.25, -0.2) is 4.98 Å². The lowest BCUT2D eigenvalue weighted by atomic mass is 10.2. The van der Waals surface area contributed by atoms with Gasteiger partial charge in [0, 0.05) is 19.2 Å². The molecule has 1 heterocycles. The minimum absolute atomic E-state index is 0.159. The van der Waals surface area contributed by atoms with E-state index in [9.17, 15) is 9.59 Å². The summed E-state index contributed by atoms with van der Waals surface area (Å²) < 4.78 is 0.688. The minimum Gasteiger partial charge on any atom is -0.481 e. The Morgan fingerprint density at radius 1 is 1.28 bits per heavy atom. The maximum atomic E-state index is 11.6. The van der Waals surface area contributed by atoms with Gasteiger partial charge < -0.3 is 10.4 Å². The number of aliphatic carboxylic acids is 1. The molecule has 0 radical (unpaired) electrons. The lowest BCUT2D eigenvalue weighted by Crippen LogP contribution is -2.24. The molecular weight excluding hydrogens is 300 g/mol. The van der Waals surface area contributed by atoms with Gasteiger partial charge >= 0.3 is 5.97 Å². The van der Waals surface area contributed by atoms with Crippen LogP contribution in [-0.2, 0) is 4.79 Å². The molecule has 0 bridgehead atoms. The normalized spacial score (nSPS) is 10.1. The third-order valence-electron chi connectivity index (χ3n) is 2.34. The van der Waals surface area contributed by atoms with Crippen molar-refractivity contribution in [2.24, 2.45) is 0 Å². The van der Waals surface area contributed by atoms with Crippen LogP contribution >= 0.6 is 15.9 Å². The van der Waals surface area contributed by atoms with Crippen LogP contribution in [0.1, 0.15) is 36.0 Å². The van der Waals surface area contributed by atoms with E-state index >= 15 is 0 Å². The molecule has 0 aliphatic carbocycles. The Bertz CT molecular complexity index is 406. The Morgan fingerprint density at radius 3 is 2.67 bits per heavy atom. The van der Waals surface area contributed by atoms with Crippen molar-refractivity contribution < 1.29 is 14.7 Å². The first kappa shape index (κ1) is 14.6. The van der Waals surface area contributed by atoms with E-state index in [-0.39, 0.29) is 12.3 Å². The predicted molar refractivity (Wildman–Crippen MR) is 70.4 cm³/mol. The average Bonchev–Trinajstić information content (AvgIpc) is 2.34. The van der Waals surface area contributed by atoms with E-state index in [2.05, 4.69) is 26.2 Å². The molecule has 1 amide bonds. The van der Waals surface area contributed by atoms with Crippen LogP contribution in [0.3, 0.4) is 0 Å². The van der Waals surface area contributed by atoms with Crippen LogP contribution in [0.2, 0.25) is 0 Å². The number of amides is 1. The van der Waals surface area contributed by atoms with Crippen LogP contribution in [-0.4, -0.2) is 28.5 Å². The van der Waals surface area contributed by atoms with Gasteiger partial charge in [-0.05, 0) is 40.9 Å². The minimum atomic E-state index is -0.778. The molecule has 0 aliphatic heterocycles. The molecule has 0 atom stereocenters. The molecule has 0 saturated carbocycles. The fourth-order valence-electron chi connectivity index (χ4n) is 1.39. The van der Waals surface area contributed by atoms with Gasteiger partial charge in [0.25, 0.3) is 5.91 Å².